The normalized spacial score (nSPS) is 18.2. The third-order valence-corrected chi connectivity index (χ3v) is 13.8. The molecule has 2 aromatic carbocycles. The number of hydrogen-bond donors (Lipinski definition) is 0. The predicted octanol–water partition coefficient (Wildman–Crippen LogP) is 13.2. The first-order valence-corrected chi connectivity index (χ1v) is 24.2. The van der Waals surface area contributed by atoms with Gasteiger partial charge in [-0.1, -0.05) is 130 Å². The van der Waals surface area contributed by atoms with E-state index < -0.39 is 24.1 Å². The Kier molecular flexibility index (Phi) is 22.4. The van der Waals surface area contributed by atoms with Gasteiger partial charge in [-0.3, -0.25) is 0 Å². The zero-order chi connectivity index (χ0) is 43.1. The first-order chi connectivity index (χ1) is 29.2. The van der Waals surface area contributed by atoms with Crippen molar-refractivity contribution in [3.63, 3.8) is 0 Å². The van der Waals surface area contributed by atoms with Crippen LogP contribution in [0.2, 0.25) is 0 Å². The highest BCUT2D eigenvalue weighted by Gasteiger charge is 2.39. The summed E-state index contributed by atoms with van der Waals surface area (Å²) in [5.41, 5.74) is 2.60. The lowest BCUT2D eigenvalue weighted by Crippen LogP contribution is -2.45. The number of carbonyl (C=O) groups excluding carboxylic acids is 2. The van der Waals surface area contributed by atoms with Crippen molar-refractivity contribution >= 4 is 11.9 Å². The Hall–Kier alpha value is -3.10. The Balaban J connectivity index is 1.32. The SMILES string of the molecule is CCCOC(=O)[C@H](OCc1ccc(OCCCC2(C(C)CCC)CCCCC2)cc1)[C@@H](OCc1ccc(OCCCC2(C(C)CCC)CCCCC2)cc1)C(=O)OCCC. The van der Waals surface area contributed by atoms with E-state index in [2.05, 4.69) is 27.7 Å². The molecule has 2 aliphatic rings. The van der Waals surface area contributed by atoms with Crippen molar-refractivity contribution < 1.29 is 38.0 Å². The van der Waals surface area contributed by atoms with Crippen LogP contribution in [0.5, 0.6) is 11.5 Å². The molecule has 0 spiro atoms. The zero-order valence-electron chi connectivity index (χ0n) is 38.6. The molecule has 0 bridgehead atoms. The molecule has 0 aliphatic heterocycles. The molecule has 338 valence electrons. The molecule has 8 heteroatoms. The van der Waals surface area contributed by atoms with Crippen LogP contribution in [-0.4, -0.2) is 50.6 Å². The molecule has 2 aromatic rings. The summed E-state index contributed by atoms with van der Waals surface area (Å²) in [4.78, 5) is 26.9. The predicted molar refractivity (Wildman–Crippen MR) is 241 cm³/mol. The minimum absolute atomic E-state index is 0.0790. The maximum Gasteiger partial charge on any atom is 0.338 e. The van der Waals surface area contributed by atoms with Crippen molar-refractivity contribution in [2.75, 3.05) is 26.4 Å². The van der Waals surface area contributed by atoms with E-state index in [1.807, 2.05) is 62.4 Å². The molecule has 0 radical (unpaired) electrons. The van der Waals surface area contributed by atoms with Gasteiger partial charge in [-0.15, -0.1) is 0 Å². The summed E-state index contributed by atoms with van der Waals surface area (Å²) >= 11 is 0. The lowest BCUT2D eigenvalue weighted by atomic mass is 9.63. The summed E-state index contributed by atoms with van der Waals surface area (Å²) in [6.07, 6.45) is 21.8. The molecule has 2 unspecified atom stereocenters. The van der Waals surface area contributed by atoms with Gasteiger partial charge in [0.1, 0.15) is 11.5 Å². The molecule has 0 saturated heterocycles. The van der Waals surface area contributed by atoms with E-state index >= 15 is 0 Å². The fourth-order valence-electron chi connectivity index (χ4n) is 10.1. The molecule has 0 heterocycles. The number of carbonyl (C=O) groups is 2. The van der Waals surface area contributed by atoms with E-state index in [0.717, 1.165) is 47.3 Å². The van der Waals surface area contributed by atoms with Crippen LogP contribution in [0, 0.1) is 22.7 Å². The van der Waals surface area contributed by atoms with Gasteiger partial charge < -0.3 is 28.4 Å². The maximum atomic E-state index is 13.5. The fraction of sp³-hybridized carbons (Fsp3) is 0.731. The summed E-state index contributed by atoms with van der Waals surface area (Å²) in [6.45, 7) is 15.3. The number of esters is 2. The molecular formula is C52H82O8. The van der Waals surface area contributed by atoms with E-state index in [1.54, 1.807) is 0 Å². The summed E-state index contributed by atoms with van der Waals surface area (Å²) in [5, 5.41) is 0. The number of ether oxygens (including phenoxy) is 6. The van der Waals surface area contributed by atoms with E-state index in [0.29, 0.717) is 36.9 Å². The van der Waals surface area contributed by atoms with Crippen molar-refractivity contribution in [1.82, 2.24) is 0 Å². The van der Waals surface area contributed by atoms with Gasteiger partial charge in [-0.2, -0.15) is 0 Å². The summed E-state index contributed by atoms with van der Waals surface area (Å²) in [7, 11) is 0. The zero-order valence-corrected chi connectivity index (χ0v) is 38.6. The molecule has 0 N–H and O–H groups in total. The molecule has 0 amide bonds. The Morgan fingerprint density at radius 3 is 1.22 bits per heavy atom. The molecular weight excluding hydrogens is 753 g/mol. The van der Waals surface area contributed by atoms with E-state index in [4.69, 9.17) is 28.4 Å². The fourth-order valence-corrected chi connectivity index (χ4v) is 10.1. The van der Waals surface area contributed by atoms with Crippen LogP contribution < -0.4 is 9.47 Å². The van der Waals surface area contributed by atoms with Crippen molar-refractivity contribution in [3.8, 4) is 11.5 Å². The number of hydrogen-bond acceptors (Lipinski definition) is 8. The smallest absolute Gasteiger partial charge is 0.338 e. The molecule has 2 fully saturated rings. The standard InChI is InChI=1S/C52H82O8/c1-7-19-41(5)51(29-13-11-14-30-51)33-17-37-55-45-25-21-43(22-26-45)39-59-47(49(53)57-35-9-3)48(50(54)58-36-10-4)60-40-44-23-27-46(28-24-44)56-38-18-34-52(42(6)20-8-2)31-15-12-16-32-52/h21-28,41-42,47-48H,7-20,29-40H2,1-6H3/t41?,42?,47-,48-/m1/s1. The number of rotatable bonds is 29. The Labute approximate surface area is 364 Å². The second-order valence-corrected chi connectivity index (χ2v) is 18.2. The highest BCUT2D eigenvalue weighted by molar-refractivity contribution is 5.85. The van der Waals surface area contributed by atoms with Gasteiger partial charge in [0.05, 0.1) is 39.6 Å². The second kappa shape index (κ2) is 27.1. The van der Waals surface area contributed by atoms with Crippen LogP contribution in [0.25, 0.3) is 0 Å². The van der Waals surface area contributed by atoms with Crippen LogP contribution >= 0.6 is 0 Å². The van der Waals surface area contributed by atoms with E-state index in [-0.39, 0.29) is 26.4 Å². The van der Waals surface area contributed by atoms with E-state index in [1.165, 1.54) is 103 Å². The third-order valence-electron chi connectivity index (χ3n) is 13.8. The first-order valence-electron chi connectivity index (χ1n) is 24.2. The average Bonchev–Trinajstić information content (AvgIpc) is 3.27. The van der Waals surface area contributed by atoms with Crippen molar-refractivity contribution in [2.24, 2.45) is 22.7 Å². The minimum atomic E-state index is -1.31. The van der Waals surface area contributed by atoms with Crippen molar-refractivity contribution in [2.45, 2.75) is 195 Å². The van der Waals surface area contributed by atoms with Gasteiger partial charge in [0, 0.05) is 0 Å². The molecule has 2 aliphatic carbocycles. The Morgan fingerprint density at radius 1 is 0.517 bits per heavy atom. The van der Waals surface area contributed by atoms with Gasteiger partial charge >= 0.3 is 11.9 Å². The molecule has 2 saturated carbocycles. The van der Waals surface area contributed by atoms with Crippen molar-refractivity contribution in [1.29, 1.82) is 0 Å². The van der Waals surface area contributed by atoms with Gasteiger partial charge in [0.25, 0.3) is 0 Å². The van der Waals surface area contributed by atoms with Gasteiger partial charge in [-0.05, 0) is 122 Å². The second-order valence-electron chi connectivity index (χ2n) is 18.2. The van der Waals surface area contributed by atoms with Gasteiger partial charge in [-0.25, -0.2) is 9.59 Å². The molecule has 0 aromatic heterocycles. The monoisotopic (exact) mass is 835 g/mol. The minimum Gasteiger partial charge on any atom is -0.494 e. The third kappa shape index (κ3) is 15.7. The molecule has 60 heavy (non-hydrogen) atoms. The van der Waals surface area contributed by atoms with E-state index in [9.17, 15) is 9.59 Å². The number of benzene rings is 2. The van der Waals surface area contributed by atoms with Crippen LogP contribution in [0.4, 0.5) is 0 Å². The van der Waals surface area contributed by atoms with Crippen molar-refractivity contribution in [3.05, 3.63) is 59.7 Å². The highest BCUT2D eigenvalue weighted by atomic mass is 16.6. The molecule has 4 atom stereocenters. The van der Waals surface area contributed by atoms with Gasteiger partial charge in [0.15, 0.2) is 12.2 Å². The lowest BCUT2D eigenvalue weighted by Gasteiger charge is -2.43. The molecule has 4 rings (SSSR count). The topological polar surface area (TPSA) is 89.5 Å². The first kappa shape index (κ1) is 49.6. The average molecular weight is 835 g/mol. The van der Waals surface area contributed by atoms with Crippen LogP contribution in [-0.2, 0) is 41.8 Å². The quantitative estimate of drug-likeness (QED) is 0.0591. The van der Waals surface area contributed by atoms with Crippen LogP contribution in [0.15, 0.2) is 48.5 Å². The summed E-state index contributed by atoms with van der Waals surface area (Å²) < 4.78 is 35.8. The highest BCUT2D eigenvalue weighted by Crippen LogP contribution is 2.49. The maximum absolute atomic E-state index is 13.5. The Morgan fingerprint density at radius 2 is 0.883 bits per heavy atom. The lowest BCUT2D eigenvalue weighted by molar-refractivity contribution is -0.186. The van der Waals surface area contributed by atoms with Crippen LogP contribution in [0.3, 0.4) is 0 Å². The summed E-state index contributed by atoms with van der Waals surface area (Å²) in [5.74, 6) is 1.83. The van der Waals surface area contributed by atoms with Crippen LogP contribution in [0.1, 0.15) is 181 Å². The Bertz CT molecular complexity index is 1350. The molecule has 8 nitrogen and oxygen atoms in total. The largest absolute Gasteiger partial charge is 0.494 e. The van der Waals surface area contributed by atoms with Gasteiger partial charge in [0.2, 0.25) is 0 Å². The summed E-state index contributed by atoms with van der Waals surface area (Å²) in [6, 6.07) is 15.5.